The van der Waals surface area contributed by atoms with E-state index in [1.54, 1.807) is 0 Å². The van der Waals surface area contributed by atoms with E-state index in [9.17, 15) is 27.9 Å². The Bertz CT molecular complexity index is 709. The highest BCUT2D eigenvalue weighted by atomic mass is 19.2. The molecule has 1 unspecified atom stereocenters. The van der Waals surface area contributed by atoms with Crippen LogP contribution in [0.5, 0.6) is 0 Å². The Kier molecular flexibility index (Phi) is 5.13. The van der Waals surface area contributed by atoms with Crippen molar-refractivity contribution in [3.05, 3.63) is 70.5 Å². The van der Waals surface area contributed by atoms with Crippen LogP contribution in [0, 0.1) is 17.5 Å². The number of benzene rings is 2. The number of hydrogen-bond donors (Lipinski definition) is 2. The summed E-state index contributed by atoms with van der Waals surface area (Å²) in [4.78, 5) is 22.6. The van der Waals surface area contributed by atoms with Crippen LogP contribution in [0.2, 0.25) is 0 Å². The number of rotatable bonds is 5. The van der Waals surface area contributed by atoms with Crippen molar-refractivity contribution in [1.29, 1.82) is 0 Å². The predicted molar refractivity (Wildman–Crippen MR) is 75.4 cm³/mol. The van der Waals surface area contributed by atoms with Crippen molar-refractivity contribution >= 4 is 12.2 Å². The van der Waals surface area contributed by atoms with Gasteiger partial charge in [0.05, 0.1) is 12.6 Å². The largest absolute Gasteiger partial charge is 0.394 e. The van der Waals surface area contributed by atoms with Crippen molar-refractivity contribution in [3.8, 4) is 0 Å². The highest BCUT2D eigenvalue weighted by Crippen LogP contribution is 2.19. The van der Waals surface area contributed by atoms with E-state index in [1.165, 1.54) is 24.3 Å². The number of amides is 1. The molecule has 0 fully saturated rings. The average molecular weight is 323 g/mol. The van der Waals surface area contributed by atoms with Crippen LogP contribution >= 0.6 is 0 Å². The van der Waals surface area contributed by atoms with Gasteiger partial charge in [0.1, 0.15) is 6.29 Å². The molecule has 23 heavy (non-hydrogen) atoms. The Balaban J connectivity index is 2.21. The van der Waals surface area contributed by atoms with Gasteiger partial charge in [0, 0.05) is 11.1 Å². The predicted octanol–water partition coefficient (Wildman–Crippen LogP) is 2.38. The summed E-state index contributed by atoms with van der Waals surface area (Å²) >= 11 is 0. The van der Waals surface area contributed by atoms with E-state index in [0.717, 1.165) is 0 Å². The number of carbonyl (C=O) groups is 2. The molecule has 0 aromatic heterocycles. The molecular weight excluding hydrogens is 311 g/mol. The third-order valence-corrected chi connectivity index (χ3v) is 3.21. The van der Waals surface area contributed by atoms with Gasteiger partial charge in [-0.2, -0.15) is 0 Å². The topological polar surface area (TPSA) is 66.4 Å². The second-order valence-corrected chi connectivity index (χ2v) is 4.75. The molecule has 0 aliphatic rings. The zero-order valence-corrected chi connectivity index (χ0v) is 11.7. The summed E-state index contributed by atoms with van der Waals surface area (Å²) in [5.41, 5.74) is 0.460. The van der Waals surface area contributed by atoms with Crippen molar-refractivity contribution in [1.82, 2.24) is 5.32 Å². The van der Waals surface area contributed by atoms with E-state index in [-0.39, 0.29) is 11.1 Å². The summed E-state index contributed by atoms with van der Waals surface area (Å²) in [5.74, 6) is -5.07. The molecule has 0 saturated carbocycles. The van der Waals surface area contributed by atoms with Crippen LogP contribution in [0.15, 0.2) is 36.4 Å². The fourth-order valence-electron chi connectivity index (χ4n) is 1.97. The minimum absolute atomic E-state index is 0.109. The fraction of sp³-hybridized carbons (Fsp3) is 0.125. The molecule has 0 heterocycles. The first-order valence-electron chi connectivity index (χ1n) is 6.57. The van der Waals surface area contributed by atoms with E-state index in [2.05, 4.69) is 5.32 Å². The Labute approximate surface area is 129 Å². The minimum atomic E-state index is -1.62. The SMILES string of the molecule is O=Cc1ccc(C(=O)NC(CO)c2cc(F)c(F)c(F)c2)cc1. The van der Waals surface area contributed by atoms with Crippen molar-refractivity contribution in [2.45, 2.75) is 6.04 Å². The average Bonchev–Trinajstić information content (AvgIpc) is 2.57. The van der Waals surface area contributed by atoms with Crippen molar-refractivity contribution < 1.29 is 27.9 Å². The third-order valence-electron chi connectivity index (χ3n) is 3.21. The summed E-state index contributed by atoms with van der Waals surface area (Å²) in [7, 11) is 0. The maximum Gasteiger partial charge on any atom is 0.251 e. The summed E-state index contributed by atoms with van der Waals surface area (Å²) in [6, 6.07) is 5.92. The molecule has 2 rings (SSSR count). The molecule has 0 aliphatic carbocycles. The standard InChI is InChI=1S/C16H12F3NO3/c17-12-5-11(6-13(18)15(12)19)14(8-22)20-16(23)10-3-1-9(7-21)2-4-10/h1-7,14,22H,8H2,(H,20,23). The van der Waals surface area contributed by atoms with Gasteiger partial charge in [-0.15, -0.1) is 0 Å². The van der Waals surface area contributed by atoms with Crippen molar-refractivity contribution in [2.24, 2.45) is 0 Å². The van der Waals surface area contributed by atoms with Gasteiger partial charge in [0.2, 0.25) is 0 Å². The van der Waals surface area contributed by atoms with Gasteiger partial charge in [0.25, 0.3) is 5.91 Å². The number of aliphatic hydroxyl groups excluding tert-OH is 1. The van der Waals surface area contributed by atoms with Gasteiger partial charge in [-0.25, -0.2) is 13.2 Å². The Morgan fingerprint density at radius 2 is 1.70 bits per heavy atom. The van der Waals surface area contributed by atoms with Gasteiger partial charge in [-0.3, -0.25) is 9.59 Å². The number of halogens is 3. The molecule has 0 radical (unpaired) electrons. The fourth-order valence-corrected chi connectivity index (χ4v) is 1.97. The number of carbonyl (C=O) groups excluding carboxylic acids is 2. The van der Waals surface area contributed by atoms with Crippen LogP contribution in [-0.4, -0.2) is 23.9 Å². The van der Waals surface area contributed by atoms with E-state index in [4.69, 9.17) is 0 Å². The highest BCUT2D eigenvalue weighted by molar-refractivity contribution is 5.95. The number of nitrogens with one attached hydrogen (secondary N) is 1. The van der Waals surface area contributed by atoms with Crippen LogP contribution < -0.4 is 5.32 Å². The zero-order chi connectivity index (χ0) is 17.0. The van der Waals surface area contributed by atoms with Crippen molar-refractivity contribution in [3.63, 3.8) is 0 Å². The van der Waals surface area contributed by atoms with Crippen LogP contribution in [0.1, 0.15) is 32.3 Å². The van der Waals surface area contributed by atoms with E-state index < -0.39 is 36.0 Å². The Morgan fingerprint density at radius 1 is 1.13 bits per heavy atom. The molecule has 7 heteroatoms. The third kappa shape index (κ3) is 3.75. The molecule has 4 nitrogen and oxygen atoms in total. The number of hydrogen-bond acceptors (Lipinski definition) is 3. The van der Waals surface area contributed by atoms with Crippen LogP contribution in [0.4, 0.5) is 13.2 Å². The monoisotopic (exact) mass is 323 g/mol. The molecule has 120 valence electrons. The molecule has 2 aromatic carbocycles. The first-order valence-corrected chi connectivity index (χ1v) is 6.57. The molecular formula is C16H12F3NO3. The lowest BCUT2D eigenvalue weighted by molar-refractivity contribution is 0.0915. The smallest absolute Gasteiger partial charge is 0.251 e. The van der Waals surface area contributed by atoms with Gasteiger partial charge in [-0.05, 0) is 29.8 Å². The highest BCUT2D eigenvalue weighted by Gasteiger charge is 2.19. The van der Waals surface area contributed by atoms with Crippen LogP contribution in [-0.2, 0) is 0 Å². The number of aldehydes is 1. The van der Waals surface area contributed by atoms with E-state index in [0.29, 0.717) is 24.0 Å². The summed E-state index contributed by atoms with van der Waals surface area (Å²) in [5, 5.41) is 11.7. The lowest BCUT2D eigenvalue weighted by Gasteiger charge is -2.17. The molecule has 2 aromatic rings. The van der Waals surface area contributed by atoms with Crippen LogP contribution in [0.3, 0.4) is 0 Å². The molecule has 2 N–H and O–H groups in total. The lowest BCUT2D eigenvalue weighted by Crippen LogP contribution is -2.31. The maximum absolute atomic E-state index is 13.2. The molecule has 1 amide bonds. The lowest BCUT2D eigenvalue weighted by atomic mass is 10.1. The summed E-state index contributed by atoms with van der Waals surface area (Å²) in [6.07, 6.45) is 0.613. The maximum atomic E-state index is 13.2. The second-order valence-electron chi connectivity index (χ2n) is 4.75. The van der Waals surface area contributed by atoms with E-state index in [1.807, 2.05) is 0 Å². The first-order chi connectivity index (χ1) is 11.0. The van der Waals surface area contributed by atoms with E-state index >= 15 is 0 Å². The molecule has 0 bridgehead atoms. The van der Waals surface area contributed by atoms with Crippen molar-refractivity contribution in [2.75, 3.05) is 6.61 Å². The van der Waals surface area contributed by atoms with Gasteiger partial charge in [-0.1, -0.05) is 12.1 Å². The molecule has 1 atom stereocenters. The quantitative estimate of drug-likeness (QED) is 0.656. The number of aliphatic hydroxyl groups is 1. The second kappa shape index (κ2) is 7.06. The summed E-state index contributed by atoms with van der Waals surface area (Å²) in [6.45, 7) is -0.636. The Morgan fingerprint density at radius 3 is 2.17 bits per heavy atom. The Hall–Kier alpha value is -2.67. The zero-order valence-electron chi connectivity index (χ0n) is 11.7. The summed E-state index contributed by atoms with van der Waals surface area (Å²) < 4.78 is 39.4. The normalized spacial score (nSPS) is 11.8. The molecule has 0 saturated heterocycles. The van der Waals surface area contributed by atoms with Crippen LogP contribution in [0.25, 0.3) is 0 Å². The minimum Gasteiger partial charge on any atom is -0.394 e. The first kappa shape index (κ1) is 16.7. The molecule has 0 aliphatic heterocycles. The molecule has 0 spiro atoms. The van der Waals surface area contributed by atoms with Gasteiger partial charge in [0.15, 0.2) is 17.5 Å². The van der Waals surface area contributed by atoms with Gasteiger partial charge >= 0.3 is 0 Å². The van der Waals surface area contributed by atoms with Gasteiger partial charge < -0.3 is 10.4 Å².